The van der Waals surface area contributed by atoms with Crippen LogP contribution in [0.1, 0.15) is 10.4 Å². The van der Waals surface area contributed by atoms with Crippen molar-refractivity contribution >= 4 is 17.4 Å². The van der Waals surface area contributed by atoms with Crippen molar-refractivity contribution in [3.8, 4) is 0 Å². The highest BCUT2D eigenvalue weighted by atomic mass is 16.6. The van der Waals surface area contributed by atoms with Gasteiger partial charge in [-0.3, -0.25) is 14.9 Å². The minimum atomic E-state index is -0.772. The van der Waals surface area contributed by atoms with Crippen molar-refractivity contribution < 1.29 is 14.5 Å². The molecule has 1 aromatic heterocycles. The number of carbonyl (C=O) groups is 1. The standard InChI is InChI=1S/C11H15N5O4/c12-10(17)9-3-7(16(18)19)4-14-11(9)15-6-8-5-13-1-2-20-8/h3-4,8,13H,1-2,5-6H2,(H2,12,17)(H,14,15). The minimum absolute atomic E-state index is 0.0111. The molecular formula is C11H15N5O4. The number of anilines is 1. The van der Waals surface area contributed by atoms with E-state index in [0.29, 0.717) is 19.7 Å². The molecule has 0 spiro atoms. The third-order valence-electron chi connectivity index (χ3n) is 2.85. The number of aromatic nitrogens is 1. The second-order valence-corrected chi connectivity index (χ2v) is 4.29. The van der Waals surface area contributed by atoms with E-state index in [0.717, 1.165) is 18.8 Å². The van der Waals surface area contributed by atoms with Crippen molar-refractivity contribution in [3.63, 3.8) is 0 Å². The minimum Gasteiger partial charge on any atom is -0.374 e. The Morgan fingerprint density at radius 1 is 1.70 bits per heavy atom. The van der Waals surface area contributed by atoms with E-state index in [1.807, 2.05) is 0 Å². The largest absolute Gasteiger partial charge is 0.374 e. The van der Waals surface area contributed by atoms with Crippen LogP contribution in [0.3, 0.4) is 0 Å². The number of hydrogen-bond donors (Lipinski definition) is 3. The Labute approximate surface area is 114 Å². The first-order chi connectivity index (χ1) is 9.58. The number of ether oxygens (including phenoxy) is 1. The Balaban J connectivity index is 2.09. The number of rotatable bonds is 5. The zero-order chi connectivity index (χ0) is 14.5. The van der Waals surface area contributed by atoms with Crippen LogP contribution in [0.2, 0.25) is 0 Å². The van der Waals surface area contributed by atoms with E-state index < -0.39 is 10.8 Å². The molecule has 1 aliphatic rings. The molecule has 2 rings (SSSR count). The molecule has 1 fully saturated rings. The van der Waals surface area contributed by atoms with Gasteiger partial charge >= 0.3 is 0 Å². The molecule has 4 N–H and O–H groups in total. The lowest BCUT2D eigenvalue weighted by atomic mass is 10.2. The molecule has 0 bridgehead atoms. The van der Waals surface area contributed by atoms with Crippen molar-refractivity contribution in [2.45, 2.75) is 6.10 Å². The Hall–Kier alpha value is -2.26. The van der Waals surface area contributed by atoms with Crippen molar-refractivity contribution in [3.05, 3.63) is 27.9 Å². The Kier molecular flexibility index (Phi) is 4.43. The fraction of sp³-hybridized carbons (Fsp3) is 0.455. The summed E-state index contributed by atoms with van der Waals surface area (Å²) in [6, 6.07) is 1.11. The van der Waals surface area contributed by atoms with Crippen LogP contribution in [-0.4, -0.2) is 48.2 Å². The molecule has 0 radical (unpaired) electrons. The van der Waals surface area contributed by atoms with Gasteiger partial charge in [-0.2, -0.15) is 0 Å². The average Bonchev–Trinajstić information content (AvgIpc) is 2.45. The number of amides is 1. The Morgan fingerprint density at radius 3 is 3.10 bits per heavy atom. The molecule has 108 valence electrons. The lowest BCUT2D eigenvalue weighted by molar-refractivity contribution is -0.385. The van der Waals surface area contributed by atoms with Gasteiger partial charge < -0.3 is 21.1 Å². The molecule has 0 saturated carbocycles. The number of nitrogens with zero attached hydrogens (tertiary/aromatic N) is 2. The SMILES string of the molecule is NC(=O)c1cc([N+](=O)[O-])cnc1NCC1CNCCO1. The van der Waals surface area contributed by atoms with E-state index >= 15 is 0 Å². The van der Waals surface area contributed by atoms with Gasteiger partial charge in [0.25, 0.3) is 11.6 Å². The first-order valence-corrected chi connectivity index (χ1v) is 6.08. The highest BCUT2D eigenvalue weighted by Crippen LogP contribution is 2.18. The lowest BCUT2D eigenvalue weighted by Crippen LogP contribution is -2.42. The number of primary amides is 1. The maximum atomic E-state index is 11.3. The Morgan fingerprint density at radius 2 is 2.50 bits per heavy atom. The first kappa shape index (κ1) is 14.2. The third-order valence-corrected chi connectivity index (χ3v) is 2.85. The molecule has 1 aliphatic heterocycles. The average molecular weight is 281 g/mol. The monoisotopic (exact) mass is 281 g/mol. The van der Waals surface area contributed by atoms with Gasteiger partial charge in [0.05, 0.1) is 23.2 Å². The smallest absolute Gasteiger partial charge is 0.288 e. The number of carbonyl (C=O) groups excluding carboxylic acids is 1. The Bertz CT molecular complexity index is 516. The molecule has 0 aliphatic carbocycles. The summed E-state index contributed by atoms with van der Waals surface area (Å²) in [7, 11) is 0. The van der Waals surface area contributed by atoms with E-state index in [4.69, 9.17) is 10.5 Å². The number of nitrogens with two attached hydrogens (primary N) is 1. The van der Waals surface area contributed by atoms with Gasteiger partial charge in [0, 0.05) is 25.7 Å². The van der Waals surface area contributed by atoms with Crippen LogP contribution in [0, 0.1) is 10.1 Å². The van der Waals surface area contributed by atoms with E-state index in [1.54, 1.807) is 0 Å². The van der Waals surface area contributed by atoms with Gasteiger partial charge in [-0.1, -0.05) is 0 Å². The maximum Gasteiger partial charge on any atom is 0.288 e. The summed E-state index contributed by atoms with van der Waals surface area (Å²) in [5, 5.41) is 16.8. The van der Waals surface area contributed by atoms with Crippen molar-refractivity contribution in [1.82, 2.24) is 10.3 Å². The molecule has 1 unspecified atom stereocenters. The number of hydrogen-bond acceptors (Lipinski definition) is 7. The van der Waals surface area contributed by atoms with Crippen LogP contribution in [-0.2, 0) is 4.74 Å². The van der Waals surface area contributed by atoms with Crippen LogP contribution in [0.4, 0.5) is 11.5 Å². The van der Waals surface area contributed by atoms with Crippen molar-refractivity contribution in [2.24, 2.45) is 5.73 Å². The van der Waals surface area contributed by atoms with E-state index in [1.165, 1.54) is 0 Å². The van der Waals surface area contributed by atoms with Crippen LogP contribution in [0.15, 0.2) is 12.3 Å². The van der Waals surface area contributed by atoms with Crippen LogP contribution >= 0.6 is 0 Å². The molecule has 0 aromatic carbocycles. The fourth-order valence-electron chi connectivity index (χ4n) is 1.84. The quantitative estimate of drug-likeness (QED) is 0.489. The van der Waals surface area contributed by atoms with E-state index in [-0.39, 0.29) is 23.2 Å². The summed E-state index contributed by atoms with van der Waals surface area (Å²) in [6.07, 6.45) is 1.02. The second-order valence-electron chi connectivity index (χ2n) is 4.29. The summed E-state index contributed by atoms with van der Waals surface area (Å²) in [5.41, 5.74) is 4.92. The van der Waals surface area contributed by atoms with Crippen LogP contribution < -0.4 is 16.4 Å². The van der Waals surface area contributed by atoms with Crippen molar-refractivity contribution in [2.75, 3.05) is 31.6 Å². The summed E-state index contributed by atoms with van der Waals surface area (Å²) in [4.78, 5) is 25.2. The van der Waals surface area contributed by atoms with Gasteiger partial charge in [0.15, 0.2) is 0 Å². The molecule has 1 saturated heterocycles. The zero-order valence-corrected chi connectivity index (χ0v) is 10.7. The molecule has 20 heavy (non-hydrogen) atoms. The van der Waals surface area contributed by atoms with Crippen LogP contribution in [0.25, 0.3) is 0 Å². The summed E-state index contributed by atoms with van der Waals surface area (Å²) < 4.78 is 5.48. The topological polar surface area (TPSA) is 132 Å². The predicted octanol–water partition coefficient (Wildman–Crippen LogP) is -0.511. The van der Waals surface area contributed by atoms with Gasteiger partial charge in [-0.05, 0) is 0 Å². The van der Waals surface area contributed by atoms with Gasteiger partial charge in [-0.25, -0.2) is 4.98 Å². The summed E-state index contributed by atoms with van der Waals surface area (Å²) in [6.45, 7) is 2.53. The van der Waals surface area contributed by atoms with Gasteiger partial charge in [-0.15, -0.1) is 0 Å². The van der Waals surface area contributed by atoms with Gasteiger partial charge in [0.1, 0.15) is 12.0 Å². The normalized spacial score (nSPS) is 18.5. The molecule has 1 aromatic rings. The molecular weight excluding hydrogens is 266 g/mol. The number of pyridine rings is 1. The van der Waals surface area contributed by atoms with Crippen molar-refractivity contribution in [1.29, 1.82) is 0 Å². The van der Waals surface area contributed by atoms with E-state index in [9.17, 15) is 14.9 Å². The second kappa shape index (κ2) is 6.26. The highest BCUT2D eigenvalue weighted by molar-refractivity contribution is 5.98. The zero-order valence-electron chi connectivity index (χ0n) is 10.7. The molecule has 9 nitrogen and oxygen atoms in total. The fourth-order valence-corrected chi connectivity index (χ4v) is 1.84. The number of morpholine rings is 1. The molecule has 2 heterocycles. The molecule has 9 heteroatoms. The number of nitrogens with one attached hydrogen (secondary N) is 2. The van der Waals surface area contributed by atoms with Gasteiger partial charge in [0.2, 0.25) is 0 Å². The predicted molar refractivity (Wildman–Crippen MR) is 70.5 cm³/mol. The molecule has 1 amide bonds. The molecule has 1 atom stereocenters. The number of nitro groups is 1. The van der Waals surface area contributed by atoms with Crippen LogP contribution in [0.5, 0.6) is 0 Å². The maximum absolute atomic E-state index is 11.3. The first-order valence-electron chi connectivity index (χ1n) is 6.08. The van der Waals surface area contributed by atoms with E-state index in [2.05, 4.69) is 15.6 Å². The lowest BCUT2D eigenvalue weighted by Gasteiger charge is -2.24. The summed E-state index contributed by atoms with van der Waals surface area (Å²) in [5.74, 6) is -0.552. The highest BCUT2D eigenvalue weighted by Gasteiger charge is 2.18. The third kappa shape index (κ3) is 3.39. The summed E-state index contributed by atoms with van der Waals surface area (Å²) >= 11 is 0.